The molecule has 5 heteroatoms. The van der Waals surface area contributed by atoms with E-state index >= 15 is 0 Å². The fourth-order valence-corrected chi connectivity index (χ4v) is 1.97. The van der Waals surface area contributed by atoms with Crippen LogP contribution in [0.15, 0.2) is 0 Å². The summed E-state index contributed by atoms with van der Waals surface area (Å²) in [4.78, 5) is 25.1. The van der Waals surface area contributed by atoms with Crippen LogP contribution in [0.1, 0.15) is 32.1 Å². The maximum Gasteiger partial charge on any atom is 0.307 e. The summed E-state index contributed by atoms with van der Waals surface area (Å²) in [6.45, 7) is 1.73. The van der Waals surface area contributed by atoms with Crippen molar-refractivity contribution in [1.29, 1.82) is 0 Å². The van der Waals surface area contributed by atoms with Crippen LogP contribution >= 0.6 is 0 Å². The topological polar surface area (TPSA) is 55.8 Å². The first-order valence-electron chi connectivity index (χ1n) is 6.53. The van der Waals surface area contributed by atoms with Gasteiger partial charge in [-0.2, -0.15) is 0 Å². The van der Waals surface area contributed by atoms with Crippen LogP contribution < -0.4 is 0 Å². The Morgan fingerprint density at radius 1 is 1.22 bits per heavy atom. The van der Waals surface area contributed by atoms with Crippen molar-refractivity contribution in [3.63, 3.8) is 0 Å². The van der Waals surface area contributed by atoms with E-state index in [9.17, 15) is 9.59 Å². The first-order valence-corrected chi connectivity index (χ1v) is 6.53. The number of methoxy groups -OCH3 is 2. The average Bonchev–Trinajstić information content (AvgIpc) is 2.30. The van der Waals surface area contributed by atoms with Gasteiger partial charge in [-0.3, -0.25) is 9.59 Å². The molecule has 0 aromatic rings. The van der Waals surface area contributed by atoms with E-state index in [4.69, 9.17) is 4.74 Å². The largest absolute Gasteiger partial charge is 0.469 e. The zero-order chi connectivity index (χ0) is 13.4. The van der Waals surface area contributed by atoms with Gasteiger partial charge in [0.25, 0.3) is 0 Å². The Morgan fingerprint density at radius 3 is 2.44 bits per heavy atom. The van der Waals surface area contributed by atoms with Gasteiger partial charge in [-0.15, -0.1) is 0 Å². The molecule has 1 saturated carbocycles. The van der Waals surface area contributed by atoms with Gasteiger partial charge in [0.2, 0.25) is 5.91 Å². The first kappa shape index (κ1) is 15.0. The third-order valence-electron chi connectivity index (χ3n) is 3.36. The quantitative estimate of drug-likeness (QED) is 0.484. The maximum atomic E-state index is 12.2. The van der Waals surface area contributed by atoms with Gasteiger partial charge >= 0.3 is 5.97 Å². The van der Waals surface area contributed by atoms with Crippen LogP contribution in [-0.2, 0) is 19.1 Å². The van der Waals surface area contributed by atoms with Crippen molar-refractivity contribution in [3.8, 4) is 0 Å². The van der Waals surface area contributed by atoms with E-state index in [1.807, 2.05) is 0 Å². The number of carbonyl (C=O) groups excluding carboxylic acids is 2. The molecular formula is C13H23NO4. The molecule has 104 valence electrons. The van der Waals surface area contributed by atoms with Gasteiger partial charge in [0.15, 0.2) is 0 Å². The number of carbonyl (C=O) groups is 2. The molecule has 0 aromatic heterocycles. The lowest BCUT2D eigenvalue weighted by Crippen LogP contribution is -2.41. The highest BCUT2D eigenvalue weighted by atomic mass is 16.5. The fraction of sp³-hybridized carbons (Fsp3) is 0.846. The van der Waals surface area contributed by atoms with E-state index in [1.165, 1.54) is 7.11 Å². The van der Waals surface area contributed by atoms with E-state index in [0.29, 0.717) is 19.7 Å². The Hall–Kier alpha value is -1.10. The number of esters is 1. The van der Waals surface area contributed by atoms with Gasteiger partial charge in [-0.25, -0.2) is 0 Å². The van der Waals surface area contributed by atoms with E-state index in [1.54, 1.807) is 12.0 Å². The molecule has 1 aliphatic rings. The smallest absolute Gasteiger partial charge is 0.307 e. The second-order valence-electron chi connectivity index (χ2n) is 4.63. The summed E-state index contributed by atoms with van der Waals surface area (Å²) in [5.41, 5.74) is 0. The molecule has 0 saturated heterocycles. The highest BCUT2D eigenvalue weighted by molar-refractivity contribution is 5.80. The van der Waals surface area contributed by atoms with Gasteiger partial charge in [-0.05, 0) is 19.3 Å². The number of nitrogens with zero attached hydrogens (tertiary/aromatic N) is 1. The van der Waals surface area contributed by atoms with E-state index in [2.05, 4.69) is 4.74 Å². The van der Waals surface area contributed by atoms with Crippen molar-refractivity contribution in [2.45, 2.75) is 32.1 Å². The third-order valence-corrected chi connectivity index (χ3v) is 3.36. The maximum absolute atomic E-state index is 12.2. The van der Waals surface area contributed by atoms with E-state index < -0.39 is 0 Å². The first-order chi connectivity index (χ1) is 8.69. The van der Waals surface area contributed by atoms with E-state index in [-0.39, 0.29) is 24.2 Å². The summed E-state index contributed by atoms with van der Waals surface area (Å²) in [5, 5.41) is 0. The minimum Gasteiger partial charge on any atom is -0.469 e. The minimum absolute atomic E-state index is 0.171. The Balaban J connectivity index is 2.39. The molecule has 0 aromatic carbocycles. The lowest BCUT2D eigenvalue weighted by atomic mass is 9.84. The fourth-order valence-electron chi connectivity index (χ4n) is 1.97. The summed E-state index contributed by atoms with van der Waals surface area (Å²) in [7, 11) is 3.01. The van der Waals surface area contributed by atoms with Gasteiger partial charge in [0, 0.05) is 32.7 Å². The highest BCUT2D eigenvalue weighted by Crippen LogP contribution is 2.28. The van der Waals surface area contributed by atoms with Crippen LogP contribution in [0.25, 0.3) is 0 Å². The summed E-state index contributed by atoms with van der Waals surface area (Å²) >= 11 is 0. The van der Waals surface area contributed by atoms with Crippen LogP contribution in [0.4, 0.5) is 0 Å². The van der Waals surface area contributed by atoms with Crippen molar-refractivity contribution < 1.29 is 19.1 Å². The van der Waals surface area contributed by atoms with Crippen LogP contribution in [0.2, 0.25) is 0 Å². The molecule has 1 amide bonds. The second kappa shape index (κ2) is 8.08. The Morgan fingerprint density at radius 2 is 1.94 bits per heavy atom. The molecule has 1 fully saturated rings. The minimum atomic E-state index is -0.270. The van der Waals surface area contributed by atoms with Crippen molar-refractivity contribution in [1.82, 2.24) is 4.90 Å². The molecule has 0 N–H and O–H groups in total. The Bertz CT molecular complexity index is 276. The second-order valence-corrected chi connectivity index (χ2v) is 4.63. The molecule has 0 aliphatic heterocycles. The molecule has 0 atom stereocenters. The Labute approximate surface area is 108 Å². The molecule has 0 spiro atoms. The number of ether oxygens (including phenoxy) is 2. The van der Waals surface area contributed by atoms with Crippen molar-refractivity contribution >= 4 is 11.9 Å². The molecule has 1 rings (SSSR count). The van der Waals surface area contributed by atoms with Crippen molar-refractivity contribution in [3.05, 3.63) is 0 Å². The summed E-state index contributed by atoms with van der Waals surface area (Å²) in [5.74, 6) is 0.0830. The lowest BCUT2D eigenvalue weighted by Gasteiger charge is -2.31. The molecule has 0 radical (unpaired) electrons. The molecule has 0 unspecified atom stereocenters. The average molecular weight is 257 g/mol. The van der Waals surface area contributed by atoms with Gasteiger partial charge in [0.05, 0.1) is 13.5 Å². The van der Waals surface area contributed by atoms with Crippen LogP contribution in [0.3, 0.4) is 0 Å². The summed E-state index contributed by atoms with van der Waals surface area (Å²) < 4.78 is 9.60. The number of rotatable bonds is 8. The van der Waals surface area contributed by atoms with Gasteiger partial charge < -0.3 is 14.4 Å². The van der Waals surface area contributed by atoms with Gasteiger partial charge in [-0.1, -0.05) is 6.42 Å². The predicted octanol–water partition coefficient (Wildman–Crippen LogP) is 1.21. The third kappa shape index (κ3) is 4.64. The standard InChI is InChI=1S/C13H23NO4/c1-17-10-4-8-14(9-7-12(15)18-2)13(16)11-5-3-6-11/h11H,3-10H2,1-2H3. The normalized spacial score (nSPS) is 15.0. The Kier molecular flexibility index (Phi) is 6.72. The predicted molar refractivity (Wildman–Crippen MR) is 67.0 cm³/mol. The molecule has 0 heterocycles. The zero-order valence-electron chi connectivity index (χ0n) is 11.3. The van der Waals surface area contributed by atoms with Crippen molar-refractivity contribution in [2.24, 2.45) is 5.92 Å². The number of amides is 1. The summed E-state index contributed by atoms with van der Waals surface area (Å²) in [6, 6.07) is 0. The molecule has 0 bridgehead atoms. The monoisotopic (exact) mass is 257 g/mol. The van der Waals surface area contributed by atoms with Crippen LogP contribution in [0.5, 0.6) is 0 Å². The molecular weight excluding hydrogens is 234 g/mol. The van der Waals surface area contributed by atoms with Crippen LogP contribution in [0, 0.1) is 5.92 Å². The van der Waals surface area contributed by atoms with E-state index in [0.717, 1.165) is 25.7 Å². The summed E-state index contributed by atoms with van der Waals surface area (Å²) in [6.07, 6.45) is 4.17. The van der Waals surface area contributed by atoms with Crippen LogP contribution in [-0.4, -0.2) is 50.7 Å². The van der Waals surface area contributed by atoms with Crippen molar-refractivity contribution in [2.75, 3.05) is 33.9 Å². The molecule has 5 nitrogen and oxygen atoms in total. The number of hydrogen-bond donors (Lipinski definition) is 0. The zero-order valence-corrected chi connectivity index (χ0v) is 11.3. The lowest BCUT2D eigenvalue weighted by molar-refractivity contribution is -0.143. The van der Waals surface area contributed by atoms with Gasteiger partial charge in [0.1, 0.15) is 0 Å². The number of hydrogen-bond acceptors (Lipinski definition) is 4. The molecule has 1 aliphatic carbocycles. The molecule has 18 heavy (non-hydrogen) atoms. The highest BCUT2D eigenvalue weighted by Gasteiger charge is 2.29. The SMILES string of the molecule is COCCCN(CCC(=O)OC)C(=O)C1CCC1.